The fourth-order valence-corrected chi connectivity index (χ4v) is 2.01. The molecule has 2 nitrogen and oxygen atoms in total. The summed E-state index contributed by atoms with van der Waals surface area (Å²) in [7, 11) is 0. The first-order valence-corrected chi connectivity index (χ1v) is 5.57. The van der Waals surface area contributed by atoms with Crippen molar-refractivity contribution in [3.63, 3.8) is 0 Å². The molecule has 0 aromatic carbocycles. The highest BCUT2D eigenvalue weighted by molar-refractivity contribution is 4.90. The van der Waals surface area contributed by atoms with Gasteiger partial charge in [0.15, 0.2) is 0 Å². The van der Waals surface area contributed by atoms with Crippen LogP contribution in [0.3, 0.4) is 0 Å². The highest BCUT2D eigenvalue weighted by atomic mass is 16.3. The van der Waals surface area contributed by atoms with Crippen molar-refractivity contribution in [2.24, 2.45) is 0 Å². The molecule has 2 N–H and O–H groups in total. The van der Waals surface area contributed by atoms with Crippen molar-refractivity contribution in [1.82, 2.24) is 5.32 Å². The van der Waals surface area contributed by atoms with Crippen molar-refractivity contribution in [2.75, 3.05) is 0 Å². The maximum Gasteiger partial charge on any atom is 0.0693 e. The van der Waals surface area contributed by atoms with Gasteiger partial charge in [0, 0.05) is 11.6 Å². The van der Waals surface area contributed by atoms with Gasteiger partial charge in [0.2, 0.25) is 0 Å². The van der Waals surface area contributed by atoms with Gasteiger partial charge < -0.3 is 10.4 Å². The van der Waals surface area contributed by atoms with Gasteiger partial charge in [-0.25, -0.2) is 0 Å². The molecule has 13 heavy (non-hydrogen) atoms. The van der Waals surface area contributed by atoms with Crippen LogP contribution >= 0.6 is 0 Å². The molecule has 1 saturated carbocycles. The van der Waals surface area contributed by atoms with Crippen LogP contribution < -0.4 is 5.32 Å². The van der Waals surface area contributed by atoms with Crippen LogP contribution in [0.4, 0.5) is 0 Å². The van der Waals surface area contributed by atoms with E-state index >= 15 is 0 Å². The average Bonchev–Trinajstić information content (AvgIpc) is 2.52. The van der Waals surface area contributed by atoms with E-state index in [9.17, 15) is 5.11 Å². The third kappa shape index (κ3) is 2.68. The van der Waals surface area contributed by atoms with Gasteiger partial charge in [0.25, 0.3) is 0 Å². The second kappa shape index (κ2) is 4.43. The molecule has 1 fully saturated rings. The van der Waals surface area contributed by atoms with E-state index in [1.807, 2.05) is 0 Å². The first kappa shape index (κ1) is 11.0. The average molecular weight is 185 g/mol. The summed E-state index contributed by atoms with van der Waals surface area (Å²) in [5.41, 5.74) is 0.218. The van der Waals surface area contributed by atoms with E-state index in [-0.39, 0.29) is 11.6 Å². The molecule has 2 atom stereocenters. The second-order valence-corrected chi connectivity index (χ2v) is 4.52. The first-order valence-electron chi connectivity index (χ1n) is 5.57. The van der Waals surface area contributed by atoms with E-state index < -0.39 is 0 Å². The maximum atomic E-state index is 9.68. The number of hydrogen-bond acceptors (Lipinski definition) is 2. The Morgan fingerprint density at radius 1 is 1.31 bits per heavy atom. The van der Waals surface area contributed by atoms with Crippen LogP contribution in [0.2, 0.25) is 0 Å². The third-order valence-electron chi connectivity index (χ3n) is 3.57. The molecule has 0 unspecified atom stereocenters. The summed E-state index contributed by atoms with van der Waals surface area (Å²) in [4.78, 5) is 0. The standard InChI is InChI=1S/C11H23NO/c1-4-11(3,5-2)12-9-7-6-8-10(9)13/h9-10,12-13H,4-8H2,1-3H3/t9-,10-/m1/s1. The molecule has 0 amide bonds. The summed E-state index contributed by atoms with van der Waals surface area (Å²) in [5, 5.41) is 13.3. The van der Waals surface area contributed by atoms with Crippen LogP contribution in [0.1, 0.15) is 52.9 Å². The summed E-state index contributed by atoms with van der Waals surface area (Å²) < 4.78 is 0. The van der Waals surface area contributed by atoms with Crippen molar-refractivity contribution < 1.29 is 5.11 Å². The van der Waals surface area contributed by atoms with Gasteiger partial charge in [-0.05, 0) is 39.0 Å². The van der Waals surface area contributed by atoms with E-state index in [0.717, 1.165) is 25.7 Å². The predicted molar refractivity (Wildman–Crippen MR) is 55.8 cm³/mol. The van der Waals surface area contributed by atoms with Crippen LogP contribution in [0.15, 0.2) is 0 Å². The number of rotatable bonds is 4. The Kier molecular flexibility index (Phi) is 3.74. The van der Waals surface area contributed by atoms with Gasteiger partial charge in [-0.1, -0.05) is 13.8 Å². The molecular formula is C11H23NO. The van der Waals surface area contributed by atoms with E-state index in [1.165, 1.54) is 6.42 Å². The van der Waals surface area contributed by atoms with Crippen molar-refractivity contribution in [1.29, 1.82) is 0 Å². The minimum atomic E-state index is -0.113. The molecule has 0 bridgehead atoms. The summed E-state index contributed by atoms with van der Waals surface area (Å²) in [6.07, 6.45) is 5.43. The molecule has 0 aromatic heterocycles. The van der Waals surface area contributed by atoms with E-state index in [1.54, 1.807) is 0 Å². The summed E-state index contributed by atoms with van der Waals surface area (Å²) >= 11 is 0. The summed E-state index contributed by atoms with van der Waals surface area (Å²) in [6.45, 7) is 6.66. The molecular weight excluding hydrogens is 162 g/mol. The Morgan fingerprint density at radius 3 is 2.31 bits per heavy atom. The molecule has 0 aliphatic heterocycles. The molecule has 0 aromatic rings. The largest absolute Gasteiger partial charge is 0.392 e. The molecule has 1 aliphatic rings. The van der Waals surface area contributed by atoms with Crippen LogP contribution in [-0.2, 0) is 0 Å². The minimum absolute atomic E-state index is 0.113. The predicted octanol–water partition coefficient (Wildman–Crippen LogP) is 2.07. The number of nitrogens with one attached hydrogen (secondary N) is 1. The Bertz CT molecular complexity index is 154. The van der Waals surface area contributed by atoms with E-state index in [4.69, 9.17) is 0 Å². The SMILES string of the molecule is CCC(C)(CC)N[C@@H]1CCC[C@H]1O. The topological polar surface area (TPSA) is 32.3 Å². The first-order chi connectivity index (χ1) is 6.11. The molecule has 0 spiro atoms. The van der Waals surface area contributed by atoms with Crippen molar-refractivity contribution in [2.45, 2.75) is 70.6 Å². The lowest BCUT2D eigenvalue weighted by molar-refractivity contribution is 0.126. The highest BCUT2D eigenvalue weighted by Crippen LogP contribution is 2.23. The van der Waals surface area contributed by atoms with Gasteiger partial charge in [-0.3, -0.25) is 0 Å². The van der Waals surface area contributed by atoms with Crippen molar-refractivity contribution in [3.05, 3.63) is 0 Å². The zero-order valence-electron chi connectivity index (χ0n) is 9.14. The second-order valence-electron chi connectivity index (χ2n) is 4.52. The molecule has 1 rings (SSSR count). The summed E-state index contributed by atoms with van der Waals surface area (Å²) in [5.74, 6) is 0. The zero-order valence-corrected chi connectivity index (χ0v) is 9.14. The molecule has 78 valence electrons. The lowest BCUT2D eigenvalue weighted by Gasteiger charge is -2.33. The van der Waals surface area contributed by atoms with Crippen molar-refractivity contribution >= 4 is 0 Å². The smallest absolute Gasteiger partial charge is 0.0693 e. The van der Waals surface area contributed by atoms with E-state index in [0.29, 0.717) is 6.04 Å². The van der Waals surface area contributed by atoms with Crippen LogP contribution in [0.5, 0.6) is 0 Å². The molecule has 0 heterocycles. The van der Waals surface area contributed by atoms with Gasteiger partial charge >= 0.3 is 0 Å². The van der Waals surface area contributed by atoms with E-state index in [2.05, 4.69) is 26.1 Å². The Balaban J connectivity index is 2.45. The van der Waals surface area contributed by atoms with Gasteiger partial charge in [-0.15, -0.1) is 0 Å². The minimum Gasteiger partial charge on any atom is -0.392 e. The molecule has 0 radical (unpaired) electrons. The van der Waals surface area contributed by atoms with Crippen LogP contribution in [-0.4, -0.2) is 22.8 Å². The zero-order chi connectivity index (χ0) is 9.90. The summed E-state index contributed by atoms with van der Waals surface area (Å²) in [6, 6.07) is 0.338. The molecule has 1 aliphatic carbocycles. The Morgan fingerprint density at radius 2 is 1.92 bits per heavy atom. The third-order valence-corrected chi connectivity index (χ3v) is 3.57. The number of aliphatic hydroxyl groups excluding tert-OH is 1. The molecule has 0 saturated heterocycles. The fraction of sp³-hybridized carbons (Fsp3) is 1.00. The van der Waals surface area contributed by atoms with Crippen LogP contribution in [0, 0.1) is 0 Å². The van der Waals surface area contributed by atoms with Crippen LogP contribution in [0.25, 0.3) is 0 Å². The highest BCUT2D eigenvalue weighted by Gasteiger charge is 2.30. The normalized spacial score (nSPS) is 29.5. The van der Waals surface area contributed by atoms with Gasteiger partial charge in [-0.2, -0.15) is 0 Å². The number of aliphatic hydroxyl groups is 1. The number of hydrogen-bond donors (Lipinski definition) is 2. The van der Waals surface area contributed by atoms with Gasteiger partial charge in [0.05, 0.1) is 6.10 Å². The quantitative estimate of drug-likeness (QED) is 0.702. The lowest BCUT2D eigenvalue weighted by atomic mass is 9.94. The molecule has 2 heteroatoms. The maximum absolute atomic E-state index is 9.68. The monoisotopic (exact) mass is 185 g/mol. The fourth-order valence-electron chi connectivity index (χ4n) is 2.01. The Labute approximate surface area is 81.7 Å². The Hall–Kier alpha value is -0.0800. The van der Waals surface area contributed by atoms with Crippen molar-refractivity contribution in [3.8, 4) is 0 Å². The lowest BCUT2D eigenvalue weighted by Crippen LogP contribution is -2.50. The van der Waals surface area contributed by atoms with Gasteiger partial charge in [0.1, 0.15) is 0 Å².